The molecule has 136 valence electrons. The molecule has 0 unspecified atom stereocenters. The number of rotatable bonds is 7. The van der Waals surface area contributed by atoms with Crippen LogP contribution in [0.5, 0.6) is 11.5 Å². The van der Waals surface area contributed by atoms with Crippen LogP contribution in [0.1, 0.15) is 18.9 Å². The van der Waals surface area contributed by atoms with E-state index < -0.39 is 30.5 Å². The molecule has 7 heteroatoms. The maximum absolute atomic E-state index is 10.3. The summed E-state index contributed by atoms with van der Waals surface area (Å²) in [6.07, 6.45) is -2.47. The molecule has 0 radical (unpaired) electrons. The summed E-state index contributed by atoms with van der Waals surface area (Å²) >= 11 is 0. The number of aliphatic hydroxyl groups is 4. The standard InChI is InChI=1S/C17H26O7/c1-10-15(20)14(9-19)24-17(16(10)21)23-12-6-5-11(4-3-7-18)8-13(12)22-2/h5-6,8,10,14-21H,3-4,7,9H2,1-2H3/t10-,14+,15-,16+,17+/m0/s1. The second-order valence-electron chi connectivity index (χ2n) is 6.00. The predicted octanol–water partition coefficient (Wildman–Crippen LogP) is 0.0740. The molecule has 7 nitrogen and oxygen atoms in total. The summed E-state index contributed by atoms with van der Waals surface area (Å²) in [7, 11) is 1.51. The zero-order valence-corrected chi connectivity index (χ0v) is 14.0. The monoisotopic (exact) mass is 342 g/mol. The highest BCUT2D eigenvalue weighted by atomic mass is 16.7. The maximum atomic E-state index is 10.3. The first kappa shape index (κ1) is 19.0. The number of benzene rings is 1. The van der Waals surface area contributed by atoms with Crippen molar-refractivity contribution in [1.82, 2.24) is 0 Å². The molecule has 4 N–H and O–H groups in total. The van der Waals surface area contributed by atoms with E-state index in [1.807, 2.05) is 12.1 Å². The quantitative estimate of drug-likeness (QED) is 0.555. The zero-order valence-electron chi connectivity index (χ0n) is 14.0. The van der Waals surface area contributed by atoms with Crippen LogP contribution in [0, 0.1) is 5.92 Å². The molecule has 1 heterocycles. The van der Waals surface area contributed by atoms with Gasteiger partial charge in [-0.2, -0.15) is 0 Å². The van der Waals surface area contributed by atoms with Crippen molar-refractivity contribution < 1.29 is 34.6 Å². The van der Waals surface area contributed by atoms with E-state index in [4.69, 9.17) is 19.3 Å². The van der Waals surface area contributed by atoms with E-state index in [1.54, 1.807) is 13.0 Å². The minimum Gasteiger partial charge on any atom is -0.493 e. The summed E-state index contributed by atoms with van der Waals surface area (Å²) in [5, 5.41) is 38.4. The number of hydrogen-bond acceptors (Lipinski definition) is 7. The molecule has 0 aliphatic carbocycles. The molecule has 0 aromatic heterocycles. The maximum Gasteiger partial charge on any atom is 0.227 e. The Hall–Kier alpha value is -1.38. The average Bonchev–Trinajstić information content (AvgIpc) is 2.61. The SMILES string of the molecule is COc1cc(CCCO)ccc1O[C@@H]1O[C@H](CO)[C@@H](O)[C@H](C)[C@H]1O. The fourth-order valence-corrected chi connectivity index (χ4v) is 2.74. The lowest BCUT2D eigenvalue weighted by Gasteiger charge is -2.40. The summed E-state index contributed by atoms with van der Waals surface area (Å²) in [5.74, 6) is 0.380. The normalized spacial score (nSPS) is 30.2. The first-order chi connectivity index (χ1) is 11.5. The van der Waals surface area contributed by atoms with Gasteiger partial charge in [0.15, 0.2) is 11.5 Å². The minimum atomic E-state index is -1.04. The van der Waals surface area contributed by atoms with Crippen molar-refractivity contribution in [2.45, 2.75) is 44.4 Å². The topological polar surface area (TPSA) is 109 Å². The van der Waals surface area contributed by atoms with Crippen molar-refractivity contribution in [3.8, 4) is 11.5 Å². The predicted molar refractivity (Wildman–Crippen MR) is 86.0 cm³/mol. The fourth-order valence-electron chi connectivity index (χ4n) is 2.74. The van der Waals surface area contributed by atoms with E-state index in [0.717, 1.165) is 5.56 Å². The van der Waals surface area contributed by atoms with Gasteiger partial charge in [0.1, 0.15) is 12.2 Å². The van der Waals surface area contributed by atoms with E-state index in [1.165, 1.54) is 7.11 Å². The first-order valence-electron chi connectivity index (χ1n) is 8.08. The Morgan fingerprint density at radius 2 is 1.88 bits per heavy atom. The van der Waals surface area contributed by atoms with E-state index in [9.17, 15) is 15.3 Å². The van der Waals surface area contributed by atoms with Crippen LogP contribution in [0.15, 0.2) is 18.2 Å². The van der Waals surface area contributed by atoms with Crippen molar-refractivity contribution in [1.29, 1.82) is 0 Å². The third kappa shape index (κ3) is 4.17. The van der Waals surface area contributed by atoms with Crippen molar-refractivity contribution in [2.75, 3.05) is 20.3 Å². The number of ether oxygens (including phenoxy) is 3. The van der Waals surface area contributed by atoms with Crippen LogP contribution < -0.4 is 9.47 Å². The molecule has 1 aliphatic rings. The summed E-state index contributed by atoms with van der Waals surface area (Å²) < 4.78 is 16.5. The van der Waals surface area contributed by atoms with Gasteiger partial charge in [0, 0.05) is 12.5 Å². The molecule has 1 saturated heterocycles. The van der Waals surface area contributed by atoms with Crippen molar-refractivity contribution in [2.24, 2.45) is 5.92 Å². The Bertz CT molecular complexity index is 520. The van der Waals surface area contributed by atoms with Crippen LogP contribution in [-0.2, 0) is 11.2 Å². The summed E-state index contributed by atoms with van der Waals surface area (Å²) in [6, 6.07) is 5.37. The summed E-state index contributed by atoms with van der Waals surface area (Å²) in [4.78, 5) is 0. The van der Waals surface area contributed by atoms with Gasteiger partial charge in [-0.05, 0) is 30.5 Å². The average molecular weight is 342 g/mol. The molecule has 0 amide bonds. The first-order valence-corrected chi connectivity index (χ1v) is 8.08. The number of aryl methyl sites for hydroxylation is 1. The lowest BCUT2D eigenvalue weighted by molar-refractivity contribution is -0.261. The van der Waals surface area contributed by atoms with Gasteiger partial charge in [-0.3, -0.25) is 0 Å². The van der Waals surface area contributed by atoms with Crippen LogP contribution in [0.4, 0.5) is 0 Å². The van der Waals surface area contributed by atoms with Crippen LogP contribution >= 0.6 is 0 Å². The molecule has 1 fully saturated rings. The van der Waals surface area contributed by atoms with Crippen molar-refractivity contribution in [3.05, 3.63) is 23.8 Å². The molecular formula is C17H26O7. The molecular weight excluding hydrogens is 316 g/mol. The number of methoxy groups -OCH3 is 1. The van der Waals surface area contributed by atoms with E-state index >= 15 is 0 Å². The van der Waals surface area contributed by atoms with Gasteiger partial charge >= 0.3 is 0 Å². The van der Waals surface area contributed by atoms with Crippen LogP contribution in [0.2, 0.25) is 0 Å². The largest absolute Gasteiger partial charge is 0.493 e. The Balaban J connectivity index is 2.14. The van der Waals surface area contributed by atoms with Crippen LogP contribution in [0.3, 0.4) is 0 Å². The lowest BCUT2D eigenvalue weighted by Crippen LogP contribution is -2.56. The van der Waals surface area contributed by atoms with Gasteiger partial charge in [-0.25, -0.2) is 0 Å². The van der Waals surface area contributed by atoms with Crippen molar-refractivity contribution in [3.63, 3.8) is 0 Å². The highest BCUT2D eigenvalue weighted by Crippen LogP contribution is 2.33. The lowest BCUT2D eigenvalue weighted by atomic mass is 9.91. The third-order valence-corrected chi connectivity index (χ3v) is 4.32. The Kier molecular flexibility index (Phi) is 6.82. The van der Waals surface area contributed by atoms with Gasteiger partial charge in [0.25, 0.3) is 0 Å². The Morgan fingerprint density at radius 3 is 2.50 bits per heavy atom. The number of aliphatic hydroxyl groups excluding tert-OH is 4. The van der Waals surface area contributed by atoms with E-state index in [0.29, 0.717) is 24.3 Å². The smallest absolute Gasteiger partial charge is 0.227 e. The van der Waals surface area contributed by atoms with E-state index in [-0.39, 0.29) is 13.2 Å². The molecule has 0 bridgehead atoms. The van der Waals surface area contributed by atoms with Gasteiger partial charge in [-0.15, -0.1) is 0 Å². The summed E-state index contributed by atoms with van der Waals surface area (Å²) in [5.41, 5.74) is 0.996. The van der Waals surface area contributed by atoms with Gasteiger partial charge < -0.3 is 34.6 Å². The minimum absolute atomic E-state index is 0.117. The molecule has 1 aromatic carbocycles. The van der Waals surface area contributed by atoms with Crippen LogP contribution in [0.25, 0.3) is 0 Å². The van der Waals surface area contributed by atoms with Gasteiger partial charge in [-0.1, -0.05) is 13.0 Å². The molecule has 5 atom stereocenters. The molecule has 0 spiro atoms. The van der Waals surface area contributed by atoms with Crippen molar-refractivity contribution >= 4 is 0 Å². The molecule has 2 rings (SSSR count). The van der Waals surface area contributed by atoms with Gasteiger partial charge in [0.05, 0.1) is 19.8 Å². The highest BCUT2D eigenvalue weighted by molar-refractivity contribution is 5.43. The molecule has 24 heavy (non-hydrogen) atoms. The highest BCUT2D eigenvalue weighted by Gasteiger charge is 2.43. The molecule has 1 aliphatic heterocycles. The fraction of sp³-hybridized carbons (Fsp3) is 0.647. The Morgan fingerprint density at radius 1 is 1.12 bits per heavy atom. The second kappa shape index (κ2) is 8.64. The van der Waals surface area contributed by atoms with Gasteiger partial charge in [0.2, 0.25) is 6.29 Å². The summed E-state index contributed by atoms with van der Waals surface area (Å²) in [6.45, 7) is 1.42. The molecule has 0 saturated carbocycles. The molecule has 1 aromatic rings. The third-order valence-electron chi connectivity index (χ3n) is 4.32. The Labute approximate surface area is 141 Å². The van der Waals surface area contributed by atoms with E-state index in [2.05, 4.69) is 0 Å². The van der Waals surface area contributed by atoms with Crippen LogP contribution in [-0.4, -0.2) is 65.4 Å². The second-order valence-corrected chi connectivity index (χ2v) is 6.00. The number of hydrogen-bond donors (Lipinski definition) is 4. The zero-order chi connectivity index (χ0) is 17.7.